The Morgan fingerprint density at radius 1 is 1.18 bits per heavy atom. The van der Waals surface area contributed by atoms with E-state index in [2.05, 4.69) is 19.9 Å². The Morgan fingerprint density at radius 3 is 2.61 bits per heavy atom. The van der Waals surface area contributed by atoms with Crippen LogP contribution >= 0.6 is 0 Å². The summed E-state index contributed by atoms with van der Waals surface area (Å²) in [7, 11) is -4.39. The number of benzene rings is 1. The molecule has 7 nitrogen and oxygen atoms in total. The zero-order valence-electron chi connectivity index (χ0n) is 14.9. The van der Waals surface area contributed by atoms with Gasteiger partial charge in [-0.2, -0.15) is 0 Å². The third-order valence-electron chi connectivity index (χ3n) is 4.36. The van der Waals surface area contributed by atoms with Crippen molar-refractivity contribution in [1.29, 1.82) is 0 Å². The Bertz CT molecular complexity index is 921. The van der Waals surface area contributed by atoms with Crippen LogP contribution in [0.3, 0.4) is 0 Å². The fourth-order valence-corrected chi connectivity index (χ4v) is 4.20. The second-order valence-electron chi connectivity index (χ2n) is 6.39. The molecule has 0 aliphatic carbocycles. The highest BCUT2D eigenvalue weighted by atomic mass is 32.2. The molecule has 28 heavy (non-hydrogen) atoms. The van der Waals surface area contributed by atoms with E-state index in [4.69, 9.17) is 0 Å². The molecule has 3 rings (SSSR count). The predicted octanol–water partition coefficient (Wildman–Crippen LogP) is 1.42. The highest BCUT2D eigenvalue weighted by molar-refractivity contribution is 7.89. The van der Waals surface area contributed by atoms with Crippen molar-refractivity contribution in [1.82, 2.24) is 15.0 Å². The topological polar surface area (TPSA) is 91.4 Å². The lowest BCUT2D eigenvalue weighted by Crippen LogP contribution is -2.39. The van der Waals surface area contributed by atoms with Crippen molar-refractivity contribution in [3.63, 3.8) is 0 Å². The van der Waals surface area contributed by atoms with Crippen molar-refractivity contribution in [2.75, 3.05) is 24.5 Å². The maximum Gasteiger partial charge on any atom is 0.246 e. The van der Waals surface area contributed by atoms with E-state index in [-0.39, 0.29) is 24.9 Å². The normalized spacial score (nSPS) is 16.9. The second kappa shape index (κ2) is 8.61. The number of carbonyl (C=O) groups is 1. The Morgan fingerprint density at radius 2 is 1.93 bits per heavy atom. The lowest BCUT2D eigenvalue weighted by atomic mass is 10.2. The molecule has 0 bridgehead atoms. The molecule has 10 heteroatoms. The lowest BCUT2D eigenvalue weighted by Gasteiger charge is -2.17. The minimum Gasteiger partial charge on any atom is -0.354 e. The van der Waals surface area contributed by atoms with E-state index in [1.165, 1.54) is 0 Å². The van der Waals surface area contributed by atoms with Gasteiger partial charge in [0.05, 0.1) is 0 Å². The SMILES string of the molecule is O=C(CCNS(=O)(=O)c1c(F)cccc1F)NC1CCN(c2ccccn2)C1. The zero-order valence-corrected chi connectivity index (χ0v) is 15.8. The molecule has 0 saturated carbocycles. The van der Waals surface area contributed by atoms with Gasteiger partial charge < -0.3 is 10.2 Å². The molecule has 2 heterocycles. The third kappa shape index (κ3) is 4.82. The van der Waals surface area contributed by atoms with E-state index in [1.54, 1.807) is 6.20 Å². The summed E-state index contributed by atoms with van der Waals surface area (Å²) in [6.45, 7) is 1.09. The monoisotopic (exact) mass is 410 g/mol. The molecule has 0 spiro atoms. The smallest absolute Gasteiger partial charge is 0.246 e. The molecular formula is C18H20F2N4O3S. The van der Waals surface area contributed by atoms with Crippen LogP contribution in [-0.2, 0) is 14.8 Å². The Kier molecular flexibility index (Phi) is 6.20. The van der Waals surface area contributed by atoms with Crippen molar-refractivity contribution in [2.45, 2.75) is 23.8 Å². The van der Waals surface area contributed by atoms with Gasteiger partial charge in [0.1, 0.15) is 17.5 Å². The highest BCUT2D eigenvalue weighted by Crippen LogP contribution is 2.18. The van der Waals surface area contributed by atoms with Crippen molar-refractivity contribution >= 4 is 21.7 Å². The van der Waals surface area contributed by atoms with Crippen LogP contribution in [0.25, 0.3) is 0 Å². The molecule has 150 valence electrons. The van der Waals surface area contributed by atoms with Gasteiger partial charge in [-0.15, -0.1) is 0 Å². The molecule has 1 aromatic carbocycles. The van der Waals surface area contributed by atoms with Crippen molar-refractivity contribution in [2.24, 2.45) is 0 Å². The zero-order chi connectivity index (χ0) is 20.1. The van der Waals surface area contributed by atoms with E-state index in [1.807, 2.05) is 18.2 Å². The van der Waals surface area contributed by atoms with Gasteiger partial charge >= 0.3 is 0 Å². The first-order valence-electron chi connectivity index (χ1n) is 8.76. The van der Waals surface area contributed by atoms with Crippen LogP contribution in [0.4, 0.5) is 14.6 Å². The first-order valence-corrected chi connectivity index (χ1v) is 10.2. The van der Waals surface area contributed by atoms with E-state index in [0.717, 1.165) is 37.0 Å². The summed E-state index contributed by atoms with van der Waals surface area (Å²) in [5.41, 5.74) is 0. The number of anilines is 1. The molecule has 0 radical (unpaired) electrons. The number of hydrogen-bond donors (Lipinski definition) is 2. The first-order chi connectivity index (χ1) is 13.4. The number of aromatic nitrogens is 1. The Balaban J connectivity index is 1.47. The standard InChI is InChI=1S/C18H20F2N4O3S/c19-14-4-3-5-15(20)18(14)28(26,27)22-10-7-17(25)23-13-8-11-24(12-13)16-6-1-2-9-21-16/h1-6,9,13,22H,7-8,10-12H2,(H,23,25). The van der Waals surface area contributed by atoms with Gasteiger partial charge in [0, 0.05) is 38.3 Å². The van der Waals surface area contributed by atoms with Crippen molar-refractivity contribution in [3.8, 4) is 0 Å². The maximum atomic E-state index is 13.6. The van der Waals surface area contributed by atoms with E-state index < -0.39 is 26.6 Å². The quantitative estimate of drug-likeness (QED) is 0.721. The van der Waals surface area contributed by atoms with Gasteiger partial charge in [-0.05, 0) is 30.7 Å². The molecule has 1 unspecified atom stereocenters. The van der Waals surface area contributed by atoms with Gasteiger partial charge in [-0.3, -0.25) is 4.79 Å². The lowest BCUT2D eigenvalue weighted by molar-refractivity contribution is -0.121. The highest BCUT2D eigenvalue weighted by Gasteiger charge is 2.26. The summed E-state index contributed by atoms with van der Waals surface area (Å²) in [4.78, 5) is 17.3. The number of nitrogens with one attached hydrogen (secondary N) is 2. The van der Waals surface area contributed by atoms with Gasteiger partial charge in [0.2, 0.25) is 15.9 Å². The molecule has 1 atom stereocenters. The molecule has 1 fully saturated rings. The number of carbonyl (C=O) groups excluding carboxylic acids is 1. The van der Waals surface area contributed by atoms with Crippen LogP contribution in [-0.4, -0.2) is 45.0 Å². The van der Waals surface area contributed by atoms with Gasteiger partial charge in [0.25, 0.3) is 0 Å². The summed E-state index contributed by atoms with van der Waals surface area (Å²) >= 11 is 0. The molecule has 1 aromatic heterocycles. The summed E-state index contributed by atoms with van der Waals surface area (Å²) in [6.07, 6.45) is 2.30. The molecule has 1 amide bonds. The third-order valence-corrected chi connectivity index (χ3v) is 5.87. The molecular weight excluding hydrogens is 390 g/mol. The van der Waals surface area contributed by atoms with Gasteiger partial charge in [0.15, 0.2) is 4.90 Å². The van der Waals surface area contributed by atoms with Crippen LogP contribution in [0, 0.1) is 11.6 Å². The van der Waals surface area contributed by atoms with Crippen LogP contribution in [0.15, 0.2) is 47.5 Å². The summed E-state index contributed by atoms with van der Waals surface area (Å²) in [5, 5.41) is 2.84. The van der Waals surface area contributed by atoms with Gasteiger partial charge in [-0.1, -0.05) is 12.1 Å². The number of sulfonamides is 1. The van der Waals surface area contributed by atoms with Gasteiger partial charge in [-0.25, -0.2) is 26.9 Å². The number of halogens is 2. The first kappa shape index (κ1) is 20.2. The maximum absolute atomic E-state index is 13.6. The van der Waals surface area contributed by atoms with Crippen LogP contribution in [0.1, 0.15) is 12.8 Å². The average Bonchev–Trinajstić information content (AvgIpc) is 3.10. The Labute approximate surface area is 161 Å². The predicted molar refractivity (Wildman–Crippen MR) is 99.2 cm³/mol. The van der Waals surface area contributed by atoms with Crippen LogP contribution in [0.5, 0.6) is 0 Å². The molecule has 1 aliphatic heterocycles. The van der Waals surface area contributed by atoms with Crippen molar-refractivity contribution in [3.05, 3.63) is 54.2 Å². The van der Waals surface area contributed by atoms with Crippen LogP contribution in [0.2, 0.25) is 0 Å². The van der Waals surface area contributed by atoms with Crippen LogP contribution < -0.4 is 14.9 Å². The molecule has 2 N–H and O–H groups in total. The average molecular weight is 410 g/mol. The largest absolute Gasteiger partial charge is 0.354 e. The number of amides is 1. The van der Waals surface area contributed by atoms with E-state index in [0.29, 0.717) is 6.54 Å². The summed E-state index contributed by atoms with van der Waals surface area (Å²) < 4.78 is 53.4. The van der Waals surface area contributed by atoms with E-state index in [9.17, 15) is 22.0 Å². The fraction of sp³-hybridized carbons (Fsp3) is 0.333. The molecule has 2 aromatic rings. The molecule has 1 aliphatic rings. The number of hydrogen-bond acceptors (Lipinski definition) is 5. The Hall–Kier alpha value is -2.59. The second-order valence-corrected chi connectivity index (χ2v) is 8.09. The minimum absolute atomic E-state index is 0.0740. The fourth-order valence-electron chi connectivity index (χ4n) is 3.04. The molecule has 1 saturated heterocycles. The summed E-state index contributed by atoms with van der Waals surface area (Å²) in [5.74, 6) is -1.88. The minimum atomic E-state index is -4.39. The summed E-state index contributed by atoms with van der Waals surface area (Å²) in [6, 6.07) is 8.32. The number of nitrogens with zero attached hydrogens (tertiary/aromatic N) is 2. The number of rotatable bonds is 7. The van der Waals surface area contributed by atoms with Crippen molar-refractivity contribution < 1.29 is 22.0 Å². The van der Waals surface area contributed by atoms with E-state index >= 15 is 0 Å². The number of pyridine rings is 1.